The molecule has 5 heteroatoms. The van der Waals surface area contributed by atoms with Crippen LogP contribution in [-0.4, -0.2) is 16.1 Å². The smallest absolute Gasteiger partial charge is 0.329 e. The Labute approximate surface area is 92.7 Å². The molecule has 0 fully saturated rings. The number of hydrogen-bond donors (Lipinski definition) is 2. The first-order chi connectivity index (χ1) is 7.00. The van der Waals surface area contributed by atoms with Gasteiger partial charge < -0.3 is 10.4 Å². The molecule has 0 aliphatic heterocycles. The minimum Gasteiger partial charge on any atom is -0.478 e. The van der Waals surface area contributed by atoms with Gasteiger partial charge in [-0.15, -0.1) is 11.3 Å². The first-order valence-electron chi connectivity index (χ1n) is 4.60. The lowest BCUT2D eigenvalue weighted by molar-refractivity contribution is -0.131. The van der Waals surface area contributed by atoms with Gasteiger partial charge in [-0.1, -0.05) is 0 Å². The van der Waals surface area contributed by atoms with Crippen molar-refractivity contribution in [1.82, 2.24) is 10.3 Å². The molecule has 2 N–H and O–H groups in total. The van der Waals surface area contributed by atoms with Crippen molar-refractivity contribution < 1.29 is 9.90 Å². The molecular weight excluding hydrogens is 212 g/mol. The Kier molecular flexibility index (Phi) is 3.85. The van der Waals surface area contributed by atoms with Crippen molar-refractivity contribution in [2.45, 2.75) is 26.8 Å². The fourth-order valence-electron chi connectivity index (χ4n) is 1.29. The standard InChI is InChI=1S/C10H14N2O2S/c1-6(11-5-4-9(13)14)10-7(2)12-8(3)15-10/h4-6,11H,1-3H3,(H,13,14)/b5-4+. The van der Waals surface area contributed by atoms with Gasteiger partial charge in [0.05, 0.1) is 16.7 Å². The van der Waals surface area contributed by atoms with Crippen LogP contribution in [0.2, 0.25) is 0 Å². The zero-order valence-corrected chi connectivity index (χ0v) is 9.76. The van der Waals surface area contributed by atoms with Gasteiger partial charge in [0.15, 0.2) is 0 Å². The van der Waals surface area contributed by atoms with E-state index in [0.29, 0.717) is 0 Å². The lowest BCUT2D eigenvalue weighted by Gasteiger charge is -2.09. The number of nitrogens with zero attached hydrogens (tertiary/aromatic N) is 1. The van der Waals surface area contributed by atoms with E-state index in [1.54, 1.807) is 11.3 Å². The van der Waals surface area contributed by atoms with Gasteiger partial charge in [0, 0.05) is 17.2 Å². The van der Waals surface area contributed by atoms with Gasteiger partial charge in [-0.05, 0) is 20.8 Å². The fourth-order valence-corrected chi connectivity index (χ4v) is 2.23. The van der Waals surface area contributed by atoms with Crippen molar-refractivity contribution in [2.75, 3.05) is 0 Å². The molecule has 0 saturated heterocycles. The molecule has 1 atom stereocenters. The molecule has 0 aliphatic rings. The molecule has 0 amide bonds. The third-order valence-electron chi connectivity index (χ3n) is 1.90. The molecule has 1 unspecified atom stereocenters. The van der Waals surface area contributed by atoms with E-state index in [-0.39, 0.29) is 6.04 Å². The molecule has 4 nitrogen and oxygen atoms in total. The summed E-state index contributed by atoms with van der Waals surface area (Å²) in [5.41, 5.74) is 1.00. The Balaban J connectivity index is 2.65. The topological polar surface area (TPSA) is 62.2 Å². The van der Waals surface area contributed by atoms with E-state index >= 15 is 0 Å². The maximum atomic E-state index is 10.3. The molecule has 0 aromatic carbocycles. The summed E-state index contributed by atoms with van der Waals surface area (Å²) in [5.74, 6) is -0.952. The Morgan fingerprint density at radius 3 is 2.73 bits per heavy atom. The monoisotopic (exact) mass is 226 g/mol. The van der Waals surface area contributed by atoms with Gasteiger partial charge in [0.1, 0.15) is 0 Å². The summed E-state index contributed by atoms with van der Waals surface area (Å²) >= 11 is 1.63. The molecule has 0 radical (unpaired) electrons. The van der Waals surface area contributed by atoms with E-state index in [0.717, 1.165) is 21.7 Å². The van der Waals surface area contributed by atoms with Crippen molar-refractivity contribution in [2.24, 2.45) is 0 Å². The highest BCUT2D eigenvalue weighted by atomic mass is 32.1. The second kappa shape index (κ2) is 4.93. The number of aryl methyl sites for hydroxylation is 2. The van der Waals surface area contributed by atoms with Gasteiger partial charge >= 0.3 is 5.97 Å². The highest BCUT2D eigenvalue weighted by molar-refractivity contribution is 7.11. The third-order valence-corrected chi connectivity index (χ3v) is 3.16. The Hall–Kier alpha value is -1.36. The van der Waals surface area contributed by atoms with Crippen molar-refractivity contribution in [3.63, 3.8) is 0 Å². The van der Waals surface area contributed by atoms with Crippen LogP contribution in [0.15, 0.2) is 12.3 Å². The largest absolute Gasteiger partial charge is 0.478 e. The summed E-state index contributed by atoms with van der Waals surface area (Å²) < 4.78 is 0. The first kappa shape index (κ1) is 11.7. The Bertz CT molecular complexity index is 385. The summed E-state index contributed by atoms with van der Waals surface area (Å²) in [6.45, 7) is 5.89. The highest BCUT2D eigenvalue weighted by Gasteiger charge is 2.10. The summed E-state index contributed by atoms with van der Waals surface area (Å²) in [5, 5.41) is 12.4. The van der Waals surface area contributed by atoms with Crippen LogP contribution in [0.4, 0.5) is 0 Å². The number of aliphatic carboxylic acids is 1. The third kappa shape index (κ3) is 3.36. The van der Waals surface area contributed by atoms with Crippen LogP contribution >= 0.6 is 11.3 Å². The maximum Gasteiger partial charge on any atom is 0.329 e. The number of rotatable bonds is 4. The van der Waals surface area contributed by atoms with Gasteiger partial charge in [0.2, 0.25) is 0 Å². The van der Waals surface area contributed by atoms with Crippen LogP contribution in [0.5, 0.6) is 0 Å². The zero-order chi connectivity index (χ0) is 11.4. The molecule has 1 aromatic heterocycles. The molecule has 0 aliphatic carbocycles. The number of hydrogen-bond acceptors (Lipinski definition) is 4. The number of aromatic nitrogens is 1. The molecular formula is C10H14N2O2S. The van der Waals surface area contributed by atoms with Crippen LogP contribution < -0.4 is 5.32 Å². The average Bonchev–Trinajstić information content (AvgIpc) is 2.44. The summed E-state index contributed by atoms with van der Waals surface area (Å²) in [6, 6.07) is 0.0896. The van der Waals surface area contributed by atoms with E-state index in [4.69, 9.17) is 5.11 Å². The van der Waals surface area contributed by atoms with Gasteiger partial charge in [-0.2, -0.15) is 0 Å². The summed E-state index contributed by atoms with van der Waals surface area (Å²) in [7, 11) is 0. The SMILES string of the molecule is Cc1nc(C)c(C(C)N/C=C/C(=O)O)s1. The van der Waals surface area contributed by atoms with E-state index in [1.807, 2.05) is 20.8 Å². The van der Waals surface area contributed by atoms with Crippen LogP contribution in [0, 0.1) is 13.8 Å². The van der Waals surface area contributed by atoms with Crippen molar-refractivity contribution in [3.05, 3.63) is 27.9 Å². The van der Waals surface area contributed by atoms with Gasteiger partial charge in [-0.25, -0.2) is 9.78 Å². The lowest BCUT2D eigenvalue weighted by atomic mass is 10.2. The molecule has 0 spiro atoms. The van der Waals surface area contributed by atoms with Crippen molar-refractivity contribution in [1.29, 1.82) is 0 Å². The van der Waals surface area contributed by atoms with Crippen molar-refractivity contribution >= 4 is 17.3 Å². The summed E-state index contributed by atoms with van der Waals surface area (Å²) in [6.07, 6.45) is 2.53. The van der Waals surface area contributed by atoms with E-state index in [9.17, 15) is 4.79 Å². The minimum absolute atomic E-state index is 0.0896. The molecule has 1 aromatic rings. The second-order valence-electron chi connectivity index (χ2n) is 3.24. The van der Waals surface area contributed by atoms with Gasteiger partial charge in [-0.3, -0.25) is 0 Å². The Morgan fingerprint density at radius 2 is 2.27 bits per heavy atom. The summed E-state index contributed by atoms with van der Waals surface area (Å²) in [4.78, 5) is 15.7. The van der Waals surface area contributed by atoms with Gasteiger partial charge in [0.25, 0.3) is 0 Å². The second-order valence-corrected chi connectivity index (χ2v) is 4.48. The van der Waals surface area contributed by atoms with Crippen LogP contribution in [0.1, 0.15) is 28.5 Å². The molecule has 1 rings (SSSR count). The van der Waals surface area contributed by atoms with E-state index in [2.05, 4.69) is 10.3 Å². The number of carboxylic acid groups (broad SMARTS) is 1. The molecule has 0 saturated carbocycles. The molecule has 82 valence electrons. The highest BCUT2D eigenvalue weighted by Crippen LogP contribution is 2.24. The van der Waals surface area contributed by atoms with Crippen molar-refractivity contribution in [3.8, 4) is 0 Å². The fraction of sp³-hybridized carbons (Fsp3) is 0.400. The van der Waals surface area contributed by atoms with E-state index in [1.165, 1.54) is 6.20 Å². The number of carboxylic acids is 1. The number of nitrogens with one attached hydrogen (secondary N) is 1. The van der Waals surface area contributed by atoms with Crippen LogP contribution in [-0.2, 0) is 4.79 Å². The Morgan fingerprint density at radius 1 is 1.60 bits per heavy atom. The van der Waals surface area contributed by atoms with E-state index < -0.39 is 5.97 Å². The number of carbonyl (C=O) groups is 1. The average molecular weight is 226 g/mol. The van der Waals surface area contributed by atoms with Crippen LogP contribution in [0.3, 0.4) is 0 Å². The lowest BCUT2D eigenvalue weighted by Crippen LogP contribution is -2.11. The molecule has 15 heavy (non-hydrogen) atoms. The zero-order valence-electron chi connectivity index (χ0n) is 8.94. The normalized spacial score (nSPS) is 13.0. The quantitative estimate of drug-likeness (QED) is 0.771. The molecule has 1 heterocycles. The number of thiazole rings is 1. The minimum atomic E-state index is -0.952. The maximum absolute atomic E-state index is 10.3. The molecule has 0 bridgehead atoms. The first-order valence-corrected chi connectivity index (χ1v) is 5.42. The predicted octanol–water partition coefficient (Wildman–Crippen LogP) is 2.01. The predicted molar refractivity (Wildman–Crippen MR) is 59.9 cm³/mol. The van der Waals surface area contributed by atoms with Crippen LogP contribution in [0.25, 0.3) is 0 Å².